The van der Waals surface area contributed by atoms with Crippen molar-refractivity contribution in [1.82, 2.24) is 15.1 Å². The summed E-state index contributed by atoms with van der Waals surface area (Å²) < 4.78 is 10.7. The number of likely N-dealkylation sites (N-methyl/N-ethyl adjacent to an activating group) is 1. The minimum Gasteiger partial charge on any atom is -0.493 e. The molecule has 176 valence electrons. The lowest BCUT2D eigenvalue weighted by molar-refractivity contribution is -0.130. The first kappa shape index (κ1) is 27.3. The third-order valence-corrected chi connectivity index (χ3v) is 5.40. The highest BCUT2D eigenvalue weighted by molar-refractivity contribution is 14.0. The van der Waals surface area contributed by atoms with Crippen LogP contribution in [-0.4, -0.2) is 75.7 Å². The van der Waals surface area contributed by atoms with Crippen molar-refractivity contribution in [2.24, 2.45) is 4.99 Å². The fourth-order valence-electron chi connectivity index (χ4n) is 3.63. The number of guanidine groups is 1. The van der Waals surface area contributed by atoms with Crippen molar-refractivity contribution in [2.45, 2.75) is 45.4 Å². The summed E-state index contributed by atoms with van der Waals surface area (Å²) in [5.74, 6) is 2.70. The van der Waals surface area contributed by atoms with E-state index >= 15 is 0 Å². The maximum absolute atomic E-state index is 12.1. The number of aliphatic imine (C=N–C) groups is 1. The second kappa shape index (κ2) is 15.2. The molecule has 0 bridgehead atoms. The Labute approximate surface area is 204 Å². The number of nitrogens with zero attached hydrogens (tertiary/aromatic N) is 3. The van der Waals surface area contributed by atoms with Crippen LogP contribution in [0.3, 0.4) is 0 Å². The van der Waals surface area contributed by atoms with Crippen LogP contribution in [0.2, 0.25) is 0 Å². The molecule has 2 rings (SSSR count). The molecule has 1 N–H and O–H groups in total. The van der Waals surface area contributed by atoms with E-state index in [9.17, 15) is 4.79 Å². The summed E-state index contributed by atoms with van der Waals surface area (Å²) in [7, 11) is 5.36. The van der Waals surface area contributed by atoms with Gasteiger partial charge in [0, 0.05) is 46.2 Å². The standard InChI is InChI=1S/C23H38N4O3.HI/c1-5-24-23(25-14-9-16-27-15-8-6-7-10-22(27)28)26(2)17-13-19-11-12-20(29-3)21(18-19)30-4;/h11-12,18H,5-10,13-17H2,1-4H3,(H,24,25);1H. The lowest BCUT2D eigenvalue weighted by Gasteiger charge is -2.23. The molecule has 0 unspecified atom stereocenters. The van der Waals surface area contributed by atoms with Crippen LogP contribution in [0.5, 0.6) is 11.5 Å². The molecular formula is C23H39IN4O3. The zero-order valence-electron chi connectivity index (χ0n) is 19.5. The van der Waals surface area contributed by atoms with Gasteiger partial charge >= 0.3 is 0 Å². The van der Waals surface area contributed by atoms with Crippen LogP contribution in [0.1, 0.15) is 44.6 Å². The lowest BCUT2D eigenvalue weighted by atomic mass is 10.1. The average molecular weight is 546 g/mol. The second-order valence-corrected chi connectivity index (χ2v) is 7.64. The van der Waals surface area contributed by atoms with Crippen LogP contribution >= 0.6 is 24.0 Å². The number of rotatable bonds is 10. The van der Waals surface area contributed by atoms with Crippen molar-refractivity contribution in [3.05, 3.63) is 23.8 Å². The lowest BCUT2D eigenvalue weighted by Crippen LogP contribution is -2.40. The molecule has 8 heteroatoms. The molecule has 0 spiro atoms. The van der Waals surface area contributed by atoms with Gasteiger partial charge in [0.15, 0.2) is 17.5 Å². The van der Waals surface area contributed by atoms with Gasteiger partial charge in [-0.15, -0.1) is 24.0 Å². The average Bonchev–Trinajstić information content (AvgIpc) is 2.97. The summed E-state index contributed by atoms with van der Waals surface area (Å²) in [6, 6.07) is 6.03. The maximum atomic E-state index is 12.1. The van der Waals surface area contributed by atoms with E-state index in [2.05, 4.69) is 30.3 Å². The highest BCUT2D eigenvalue weighted by Crippen LogP contribution is 2.27. The number of amides is 1. The number of hydrogen-bond acceptors (Lipinski definition) is 4. The Kier molecular flexibility index (Phi) is 13.4. The van der Waals surface area contributed by atoms with Crippen LogP contribution in [0.25, 0.3) is 0 Å². The highest BCUT2D eigenvalue weighted by atomic mass is 127. The summed E-state index contributed by atoms with van der Waals surface area (Å²) in [4.78, 5) is 21.0. The van der Waals surface area contributed by atoms with Crippen LogP contribution in [0, 0.1) is 0 Å². The minimum atomic E-state index is 0. The molecule has 0 aromatic heterocycles. The molecule has 0 atom stereocenters. The van der Waals surface area contributed by atoms with Gasteiger partial charge < -0.3 is 24.6 Å². The second-order valence-electron chi connectivity index (χ2n) is 7.64. The van der Waals surface area contributed by atoms with Gasteiger partial charge in [0.2, 0.25) is 5.91 Å². The number of hydrogen-bond donors (Lipinski definition) is 1. The number of nitrogens with one attached hydrogen (secondary N) is 1. The third kappa shape index (κ3) is 9.13. The van der Waals surface area contributed by atoms with E-state index in [0.717, 1.165) is 75.7 Å². The Hall–Kier alpha value is -1.71. The van der Waals surface area contributed by atoms with Gasteiger partial charge in [0.05, 0.1) is 14.2 Å². The zero-order chi connectivity index (χ0) is 21.8. The molecule has 0 saturated carbocycles. The van der Waals surface area contributed by atoms with Crippen molar-refractivity contribution < 1.29 is 14.3 Å². The SMILES string of the molecule is CCNC(=NCCCN1CCCCCC1=O)N(C)CCc1ccc(OC)c(OC)c1.I. The van der Waals surface area contributed by atoms with E-state index in [4.69, 9.17) is 14.5 Å². The molecular weight excluding hydrogens is 507 g/mol. The first-order chi connectivity index (χ1) is 14.6. The minimum absolute atomic E-state index is 0. The Morgan fingerprint density at radius 3 is 2.68 bits per heavy atom. The van der Waals surface area contributed by atoms with Crippen molar-refractivity contribution >= 4 is 35.8 Å². The van der Waals surface area contributed by atoms with E-state index in [-0.39, 0.29) is 24.0 Å². The van der Waals surface area contributed by atoms with Gasteiger partial charge in [-0.3, -0.25) is 9.79 Å². The number of benzene rings is 1. The van der Waals surface area contributed by atoms with Crippen molar-refractivity contribution in [1.29, 1.82) is 0 Å². The molecule has 31 heavy (non-hydrogen) atoms. The molecule has 1 saturated heterocycles. The topological polar surface area (TPSA) is 66.4 Å². The van der Waals surface area contributed by atoms with Gasteiger partial charge in [-0.05, 0) is 50.3 Å². The fourth-order valence-corrected chi connectivity index (χ4v) is 3.63. The van der Waals surface area contributed by atoms with Gasteiger partial charge in [0.1, 0.15) is 0 Å². The number of halogens is 1. The summed E-state index contributed by atoms with van der Waals surface area (Å²) in [5.41, 5.74) is 1.19. The van der Waals surface area contributed by atoms with Gasteiger partial charge in [-0.25, -0.2) is 0 Å². The molecule has 0 radical (unpaired) electrons. The van der Waals surface area contributed by atoms with Gasteiger partial charge in [-0.2, -0.15) is 0 Å². The molecule has 0 aliphatic carbocycles. The highest BCUT2D eigenvalue weighted by Gasteiger charge is 2.15. The van der Waals surface area contributed by atoms with Crippen molar-refractivity contribution in [2.75, 3.05) is 54.0 Å². The zero-order valence-corrected chi connectivity index (χ0v) is 21.8. The van der Waals surface area contributed by atoms with Crippen LogP contribution < -0.4 is 14.8 Å². The quantitative estimate of drug-likeness (QED) is 0.211. The van der Waals surface area contributed by atoms with Crippen LogP contribution in [-0.2, 0) is 11.2 Å². The summed E-state index contributed by atoms with van der Waals surface area (Å²) >= 11 is 0. The normalized spacial score (nSPS) is 14.5. The van der Waals surface area contributed by atoms with E-state index in [1.54, 1.807) is 14.2 Å². The van der Waals surface area contributed by atoms with E-state index in [1.165, 1.54) is 5.56 Å². The summed E-state index contributed by atoms with van der Waals surface area (Å²) in [5, 5.41) is 3.37. The van der Waals surface area contributed by atoms with Crippen molar-refractivity contribution in [3.63, 3.8) is 0 Å². The first-order valence-corrected chi connectivity index (χ1v) is 11.1. The molecule has 1 amide bonds. The van der Waals surface area contributed by atoms with E-state index < -0.39 is 0 Å². The number of carbonyl (C=O) groups is 1. The Morgan fingerprint density at radius 2 is 1.97 bits per heavy atom. The number of carbonyl (C=O) groups excluding carboxylic acids is 1. The Morgan fingerprint density at radius 1 is 1.19 bits per heavy atom. The number of likely N-dealkylation sites (tertiary alicyclic amines) is 1. The molecule has 1 aliphatic rings. The Balaban J connectivity index is 0.00000480. The fraction of sp³-hybridized carbons (Fsp3) is 0.652. The predicted molar refractivity (Wildman–Crippen MR) is 137 cm³/mol. The van der Waals surface area contributed by atoms with E-state index in [0.29, 0.717) is 18.9 Å². The summed E-state index contributed by atoms with van der Waals surface area (Å²) in [6.45, 7) is 6.15. The summed E-state index contributed by atoms with van der Waals surface area (Å²) in [6.07, 6.45) is 5.79. The molecule has 1 aromatic rings. The monoisotopic (exact) mass is 546 g/mol. The number of methoxy groups -OCH3 is 2. The largest absolute Gasteiger partial charge is 0.493 e. The molecule has 1 fully saturated rings. The van der Waals surface area contributed by atoms with Crippen molar-refractivity contribution in [3.8, 4) is 11.5 Å². The third-order valence-electron chi connectivity index (χ3n) is 5.40. The number of ether oxygens (including phenoxy) is 2. The van der Waals surface area contributed by atoms with Crippen LogP contribution in [0.4, 0.5) is 0 Å². The smallest absolute Gasteiger partial charge is 0.222 e. The predicted octanol–water partition coefficient (Wildman–Crippen LogP) is 3.55. The van der Waals surface area contributed by atoms with E-state index in [1.807, 2.05) is 17.0 Å². The Bertz CT molecular complexity index is 699. The first-order valence-electron chi connectivity index (χ1n) is 11.1. The molecule has 1 aliphatic heterocycles. The van der Waals surface area contributed by atoms with Gasteiger partial charge in [0.25, 0.3) is 0 Å². The molecule has 1 aromatic carbocycles. The van der Waals surface area contributed by atoms with Crippen LogP contribution in [0.15, 0.2) is 23.2 Å². The van der Waals surface area contributed by atoms with Gasteiger partial charge in [-0.1, -0.05) is 12.5 Å². The molecule has 7 nitrogen and oxygen atoms in total. The molecule has 1 heterocycles. The maximum Gasteiger partial charge on any atom is 0.222 e.